The number of hydrogen-bond donors (Lipinski definition) is 2. The van der Waals surface area contributed by atoms with Crippen LogP contribution >= 0.6 is 0 Å². The van der Waals surface area contributed by atoms with Crippen LogP contribution in [-0.2, 0) is 29.9 Å². The second-order valence-corrected chi connectivity index (χ2v) is 9.48. The molecule has 3 aromatic rings. The van der Waals surface area contributed by atoms with Gasteiger partial charge in [0.25, 0.3) is 11.4 Å². The summed E-state index contributed by atoms with van der Waals surface area (Å²) >= 11 is 0. The third-order valence-corrected chi connectivity index (χ3v) is 6.14. The number of alkyl halides is 3. The number of non-ortho nitro benzene ring substituents is 1. The molecule has 0 saturated carbocycles. The van der Waals surface area contributed by atoms with E-state index in [9.17, 15) is 38.2 Å². The molecule has 17 heteroatoms. The lowest BCUT2D eigenvalue weighted by Crippen LogP contribution is -2.16. The molecule has 3 rings (SSSR count). The summed E-state index contributed by atoms with van der Waals surface area (Å²) in [5, 5.41) is 27.6. The molecule has 0 aliphatic heterocycles. The van der Waals surface area contributed by atoms with E-state index >= 15 is 0 Å². The van der Waals surface area contributed by atoms with Crippen molar-refractivity contribution in [3.63, 3.8) is 0 Å². The summed E-state index contributed by atoms with van der Waals surface area (Å²) in [5.41, 5.74) is -0.814. The van der Waals surface area contributed by atoms with Crippen LogP contribution in [0.4, 0.5) is 41.6 Å². The van der Waals surface area contributed by atoms with Gasteiger partial charge in [-0.05, 0) is 36.4 Å². The maximum Gasteiger partial charge on any atom is 0.416 e. The van der Waals surface area contributed by atoms with Crippen LogP contribution in [0.5, 0.6) is 0 Å². The zero-order chi connectivity index (χ0) is 34.1. The quantitative estimate of drug-likeness (QED) is 0.0624. The number of halogens is 3. The van der Waals surface area contributed by atoms with Gasteiger partial charge in [0.05, 0.1) is 85.6 Å². The van der Waals surface area contributed by atoms with E-state index in [1.54, 1.807) is 18.2 Å². The number of carbonyl (C=O) groups excluding carboxylic acids is 1. The minimum Gasteiger partial charge on any atom is -0.460 e. The minimum atomic E-state index is -4.50. The Morgan fingerprint density at radius 1 is 0.702 bits per heavy atom. The third kappa shape index (κ3) is 12.8. The monoisotopic (exact) mass is 666 g/mol. The highest BCUT2D eigenvalue weighted by molar-refractivity contribution is 5.96. The summed E-state index contributed by atoms with van der Waals surface area (Å²) in [6.45, 7) is 2.24. The molecule has 14 nitrogen and oxygen atoms in total. The zero-order valence-electron chi connectivity index (χ0n) is 25.0. The molecule has 0 fully saturated rings. The highest BCUT2D eigenvalue weighted by Gasteiger charge is 2.30. The van der Waals surface area contributed by atoms with Gasteiger partial charge in [-0.3, -0.25) is 20.2 Å². The molecule has 254 valence electrons. The van der Waals surface area contributed by atoms with Crippen LogP contribution in [0, 0.1) is 20.2 Å². The third-order valence-electron chi connectivity index (χ3n) is 6.14. The van der Waals surface area contributed by atoms with Crippen molar-refractivity contribution in [3.8, 4) is 0 Å². The predicted octanol–water partition coefficient (Wildman–Crippen LogP) is 5.60. The number of esters is 1. The second-order valence-electron chi connectivity index (χ2n) is 9.48. The predicted molar refractivity (Wildman–Crippen MR) is 163 cm³/mol. The number of benzene rings is 3. The molecule has 0 atom stereocenters. The fraction of sp³-hybridized carbons (Fsp3) is 0.367. The van der Waals surface area contributed by atoms with Crippen molar-refractivity contribution >= 4 is 34.4 Å². The molecule has 0 saturated heterocycles. The van der Waals surface area contributed by atoms with Gasteiger partial charge in [0, 0.05) is 18.3 Å². The Bertz CT molecular complexity index is 1480. The molecule has 2 N–H and O–H groups in total. The zero-order valence-corrected chi connectivity index (χ0v) is 25.0. The molecule has 3 aromatic carbocycles. The first kappa shape index (κ1) is 36.6. The molecule has 0 aliphatic rings. The number of ether oxygens (including phenoxy) is 5. The minimum absolute atomic E-state index is 0.0415. The molecular formula is C30H33F3N4O10. The normalized spacial score (nSPS) is 11.2. The van der Waals surface area contributed by atoms with Crippen molar-refractivity contribution < 1.29 is 51.5 Å². The number of nitrogens with one attached hydrogen (secondary N) is 2. The number of rotatable bonds is 21. The van der Waals surface area contributed by atoms with Crippen molar-refractivity contribution in [1.29, 1.82) is 0 Å². The van der Waals surface area contributed by atoms with E-state index in [4.69, 9.17) is 23.7 Å². The van der Waals surface area contributed by atoms with Gasteiger partial charge in [-0.1, -0.05) is 18.2 Å². The van der Waals surface area contributed by atoms with E-state index < -0.39 is 33.2 Å². The summed E-state index contributed by atoms with van der Waals surface area (Å²) < 4.78 is 65.8. The van der Waals surface area contributed by atoms with Crippen LogP contribution in [0.25, 0.3) is 0 Å². The number of para-hydroxylation sites is 1. The maximum atomic E-state index is 13.0. The number of anilines is 3. The van der Waals surface area contributed by atoms with E-state index in [0.29, 0.717) is 25.5 Å². The number of nitrogens with zero attached hydrogens (tertiary/aromatic N) is 2. The van der Waals surface area contributed by atoms with Crippen LogP contribution in [0.3, 0.4) is 0 Å². The number of carbonyl (C=O) groups is 1. The number of nitro groups is 2. The molecule has 0 spiro atoms. The first-order valence-corrected chi connectivity index (χ1v) is 14.2. The van der Waals surface area contributed by atoms with Crippen molar-refractivity contribution in [2.24, 2.45) is 0 Å². The topological polar surface area (TPSA) is 174 Å². The van der Waals surface area contributed by atoms with Crippen LogP contribution in [0.2, 0.25) is 0 Å². The lowest BCUT2D eigenvalue weighted by atomic mass is 10.1. The van der Waals surface area contributed by atoms with Gasteiger partial charge >= 0.3 is 12.1 Å². The van der Waals surface area contributed by atoms with Crippen molar-refractivity contribution in [2.45, 2.75) is 6.18 Å². The summed E-state index contributed by atoms with van der Waals surface area (Å²) in [5.74, 6) is -0.661. The van der Waals surface area contributed by atoms with E-state index in [1.807, 2.05) is 0 Å². The van der Waals surface area contributed by atoms with Gasteiger partial charge in [0.15, 0.2) is 0 Å². The average molecular weight is 667 g/mol. The van der Waals surface area contributed by atoms with E-state index in [0.717, 1.165) is 18.2 Å². The smallest absolute Gasteiger partial charge is 0.416 e. The van der Waals surface area contributed by atoms with Crippen LogP contribution in [0.15, 0.2) is 66.7 Å². The molecule has 0 amide bonds. The molecule has 0 aromatic heterocycles. The number of nitro benzene ring substituents is 2. The summed E-state index contributed by atoms with van der Waals surface area (Å²) in [4.78, 5) is 33.1. The first-order valence-electron chi connectivity index (χ1n) is 14.2. The Morgan fingerprint density at radius 2 is 1.32 bits per heavy atom. The van der Waals surface area contributed by atoms with Gasteiger partial charge in [-0.15, -0.1) is 0 Å². The van der Waals surface area contributed by atoms with Crippen molar-refractivity contribution in [3.05, 3.63) is 98.1 Å². The summed E-state index contributed by atoms with van der Waals surface area (Å²) in [7, 11) is 0. The Kier molecular flexibility index (Phi) is 14.8. The maximum absolute atomic E-state index is 13.0. The van der Waals surface area contributed by atoms with Crippen molar-refractivity contribution in [2.75, 3.05) is 76.6 Å². The largest absolute Gasteiger partial charge is 0.460 e. The first-order chi connectivity index (χ1) is 22.6. The van der Waals surface area contributed by atoms with E-state index in [2.05, 4.69) is 10.6 Å². The van der Waals surface area contributed by atoms with Gasteiger partial charge < -0.3 is 34.3 Å². The van der Waals surface area contributed by atoms with Crippen LogP contribution < -0.4 is 10.6 Å². The SMILES string of the molecule is O=C(OCCOCCOCCOCCOCCNc1ccc([N+](=O)[O-])cc1[N+](=O)[O-])c1ccccc1Nc1cccc(C(F)(F)F)c1. The number of hydrogen-bond acceptors (Lipinski definition) is 12. The average Bonchev–Trinajstić information content (AvgIpc) is 3.04. The Hall–Kier alpha value is -4.84. The van der Waals surface area contributed by atoms with E-state index in [1.165, 1.54) is 30.3 Å². The van der Waals surface area contributed by atoms with Crippen LogP contribution in [0.1, 0.15) is 15.9 Å². The van der Waals surface area contributed by atoms with Gasteiger partial charge in [0.1, 0.15) is 12.3 Å². The highest BCUT2D eigenvalue weighted by atomic mass is 19.4. The Balaban J connectivity index is 1.19. The molecule has 0 aliphatic carbocycles. The molecule has 0 bridgehead atoms. The van der Waals surface area contributed by atoms with Crippen LogP contribution in [-0.4, -0.2) is 81.8 Å². The molecule has 0 unspecified atom stereocenters. The standard InChI is InChI=1S/C30H33F3N4O10/c31-30(32,33)22-4-3-5-23(20-22)35-26-7-2-1-6-25(26)29(38)47-19-18-46-17-16-45-15-14-44-13-12-43-11-10-34-27-9-8-24(36(39)40)21-28(27)37(41)42/h1-9,20-21,34-35H,10-19H2. The van der Waals surface area contributed by atoms with E-state index in [-0.39, 0.29) is 68.8 Å². The fourth-order valence-electron chi connectivity index (χ4n) is 3.92. The second kappa shape index (κ2) is 19.0. The highest BCUT2D eigenvalue weighted by Crippen LogP contribution is 2.32. The van der Waals surface area contributed by atoms with Gasteiger partial charge in [-0.2, -0.15) is 13.2 Å². The lowest BCUT2D eigenvalue weighted by Gasteiger charge is -2.13. The van der Waals surface area contributed by atoms with Gasteiger partial charge in [0.2, 0.25) is 0 Å². The lowest BCUT2D eigenvalue weighted by molar-refractivity contribution is -0.393. The van der Waals surface area contributed by atoms with Gasteiger partial charge in [-0.25, -0.2) is 4.79 Å². The summed E-state index contributed by atoms with van der Waals surface area (Å²) in [6.07, 6.45) is -4.50. The summed E-state index contributed by atoms with van der Waals surface area (Å²) in [6, 6.07) is 14.3. The molecule has 0 radical (unpaired) electrons. The fourth-order valence-corrected chi connectivity index (χ4v) is 3.92. The molecular weight excluding hydrogens is 633 g/mol. The molecule has 0 heterocycles. The van der Waals surface area contributed by atoms with Crippen molar-refractivity contribution in [1.82, 2.24) is 0 Å². The molecule has 47 heavy (non-hydrogen) atoms. The Morgan fingerprint density at radius 3 is 1.94 bits per heavy atom. The Labute approximate surface area is 267 Å².